The van der Waals surface area contributed by atoms with E-state index >= 15 is 0 Å². The lowest BCUT2D eigenvalue weighted by Gasteiger charge is -2.10. The van der Waals surface area contributed by atoms with Gasteiger partial charge in [-0.15, -0.1) is 0 Å². The lowest BCUT2D eigenvalue weighted by Crippen LogP contribution is -2.17. The molecule has 1 heterocycles. The van der Waals surface area contributed by atoms with E-state index in [0.29, 0.717) is 22.4 Å². The van der Waals surface area contributed by atoms with Crippen LogP contribution in [-0.2, 0) is 0 Å². The summed E-state index contributed by atoms with van der Waals surface area (Å²) in [6.45, 7) is 0. The van der Waals surface area contributed by atoms with Gasteiger partial charge in [-0.25, -0.2) is 10.2 Å². The van der Waals surface area contributed by atoms with Gasteiger partial charge >= 0.3 is 5.97 Å². The van der Waals surface area contributed by atoms with Crippen molar-refractivity contribution >= 4 is 28.9 Å². The van der Waals surface area contributed by atoms with Gasteiger partial charge in [0.15, 0.2) is 0 Å². The van der Waals surface area contributed by atoms with Gasteiger partial charge in [0.2, 0.25) is 0 Å². The van der Waals surface area contributed by atoms with Crippen LogP contribution in [0.1, 0.15) is 26.3 Å². The van der Waals surface area contributed by atoms with Gasteiger partial charge in [0, 0.05) is 23.5 Å². The summed E-state index contributed by atoms with van der Waals surface area (Å²) in [7, 11) is 0. The summed E-state index contributed by atoms with van der Waals surface area (Å²) in [5.74, 6) is -0.484. The van der Waals surface area contributed by atoms with Crippen LogP contribution in [0.2, 0.25) is 0 Å². The first-order chi connectivity index (χ1) is 14.7. The fraction of sp³-hybridized carbons (Fsp3) is 0. The van der Waals surface area contributed by atoms with E-state index in [4.69, 9.17) is 4.74 Å². The highest BCUT2D eigenvalue weighted by molar-refractivity contribution is 6.04. The average Bonchev–Trinajstić information content (AvgIpc) is 2.81. The fourth-order valence-electron chi connectivity index (χ4n) is 2.95. The molecule has 3 aromatic carbocycles. The number of hydrogen-bond donors (Lipinski definition) is 1. The highest BCUT2D eigenvalue weighted by atomic mass is 16.5. The number of nitrogens with zero attached hydrogens (tertiary/aromatic N) is 2. The number of carbonyl (C=O) groups is 2. The largest absolute Gasteiger partial charge is 0.422 e. The molecule has 0 aliphatic carbocycles. The number of rotatable bonds is 5. The molecule has 6 nitrogen and oxygen atoms in total. The molecule has 1 amide bonds. The minimum Gasteiger partial charge on any atom is -0.422 e. The van der Waals surface area contributed by atoms with Gasteiger partial charge in [-0.2, -0.15) is 5.10 Å². The molecule has 0 atom stereocenters. The Hall–Kier alpha value is -4.32. The smallest absolute Gasteiger partial charge is 0.343 e. The minimum absolute atomic E-state index is 0.351. The zero-order valence-electron chi connectivity index (χ0n) is 15.9. The van der Waals surface area contributed by atoms with E-state index in [9.17, 15) is 9.59 Å². The Morgan fingerprint density at radius 1 is 0.833 bits per heavy atom. The van der Waals surface area contributed by atoms with Crippen molar-refractivity contribution in [3.63, 3.8) is 0 Å². The summed E-state index contributed by atoms with van der Waals surface area (Å²) in [6, 6.07) is 23.2. The van der Waals surface area contributed by atoms with Crippen LogP contribution in [0.5, 0.6) is 5.75 Å². The highest BCUT2D eigenvalue weighted by Crippen LogP contribution is 2.27. The van der Waals surface area contributed by atoms with Crippen molar-refractivity contribution in [2.45, 2.75) is 0 Å². The van der Waals surface area contributed by atoms with Crippen LogP contribution < -0.4 is 10.2 Å². The third-order valence-electron chi connectivity index (χ3n) is 4.45. The molecule has 0 aliphatic rings. The van der Waals surface area contributed by atoms with Crippen molar-refractivity contribution in [3.05, 3.63) is 108 Å². The molecule has 6 heteroatoms. The first-order valence-electron chi connectivity index (χ1n) is 9.25. The number of esters is 1. The number of pyridine rings is 1. The van der Waals surface area contributed by atoms with Crippen molar-refractivity contribution in [2.24, 2.45) is 5.10 Å². The van der Waals surface area contributed by atoms with Crippen molar-refractivity contribution in [1.82, 2.24) is 10.4 Å². The Morgan fingerprint density at radius 2 is 1.57 bits per heavy atom. The number of amides is 1. The van der Waals surface area contributed by atoms with Gasteiger partial charge < -0.3 is 4.74 Å². The second-order valence-corrected chi connectivity index (χ2v) is 6.39. The molecular formula is C24H17N3O3. The summed E-state index contributed by atoms with van der Waals surface area (Å²) < 4.78 is 5.63. The Kier molecular flexibility index (Phi) is 5.57. The molecule has 0 saturated carbocycles. The van der Waals surface area contributed by atoms with Crippen LogP contribution in [0.25, 0.3) is 10.8 Å². The summed E-state index contributed by atoms with van der Waals surface area (Å²) in [5, 5.41) is 5.87. The molecule has 1 aromatic heterocycles. The Labute approximate surface area is 172 Å². The highest BCUT2D eigenvalue weighted by Gasteiger charge is 2.13. The second kappa shape index (κ2) is 8.79. The standard InChI is InChI=1S/C24H17N3O3/c28-23(18-12-14-25-15-13-18)27-26-16-21-20-9-5-4-6-17(20)10-11-22(21)30-24(29)19-7-2-1-3-8-19/h1-16H,(H,27,28)/b26-16-. The van der Waals surface area contributed by atoms with E-state index in [1.165, 1.54) is 18.6 Å². The fourth-order valence-corrected chi connectivity index (χ4v) is 2.95. The molecule has 30 heavy (non-hydrogen) atoms. The van der Waals surface area contributed by atoms with Crippen LogP contribution in [0.4, 0.5) is 0 Å². The molecule has 0 bridgehead atoms. The first kappa shape index (κ1) is 19.0. The zero-order chi connectivity index (χ0) is 20.8. The molecule has 4 aromatic rings. The maximum Gasteiger partial charge on any atom is 0.343 e. The van der Waals surface area contributed by atoms with Gasteiger partial charge in [-0.1, -0.05) is 48.5 Å². The number of ether oxygens (including phenoxy) is 1. The van der Waals surface area contributed by atoms with E-state index in [0.717, 1.165) is 10.8 Å². The quantitative estimate of drug-likeness (QED) is 0.237. The Bertz CT molecular complexity index is 1220. The van der Waals surface area contributed by atoms with E-state index in [1.54, 1.807) is 42.5 Å². The molecule has 0 saturated heterocycles. The van der Waals surface area contributed by atoms with Crippen molar-refractivity contribution in [1.29, 1.82) is 0 Å². The summed E-state index contributed by atoms with van der Waals surface area (Å²) in [4.78, 5) is 28.6. The van der Waals surface area contributed by atoms with E-state index < -0.39 is 5.97 Å². The first-order valence-corrected chi connectivity index (χ1v) is 9.25. The van der Waals surface area contributed by atoms with E-state index in [1.807, 2.05) is 36.4 Å². The van der Waals surface area contributed by atoms with Crippen molar-refractivity contribution in [3.8, 4) is 5.75 Å². The lowest BCUT2D eigenvalue weighted by molar-refractivity contribution is 0.0734. The molecule has 0 unspecified atom stereocenters. The van der Waals surface area contributed by atoms with Gasteiger partial charge in [-0.05, 0) is 41.1 Å². The monoisotopic (exact) mass is 395 g/mol. The number of carbonyl (C=O) groups excluding carboxylic acids is 2. The van der Waals surface area contributed by atoms with Crippen molar-refractivity contribution in [2.75, 3.05) is 0 Å². The van der Waals surface area contributed by atoms with Crippen LogP contribution in [0, 0.1) is 0 Å². The topological polar surface area (TPSA) is 80.6 Å². The van der Waals surface area contributed by atoms with E-state index in [-0.39, 0.29) is 5.91 Å². The Balaban J connectivity index is 1.64. The molecule has 0 aliphatic heterocycles. The molecule has 1 N–H and O–H groups in total. The molecule has 0 fully saturated rings. The molecule has 0 spiro atoms. The molecular weight excluding hydrogens is 378 g/mol. The van der Waals surface area contributed by atoms with E-state index in [2.05, 4.69) is 15.5 Å². The van der Waals surface area contributed by atoms with Crippen LogP contribution in [0.15, 0.2) is 96.4 Å². The maximum atomic E-state index is 12.5. The number of benzene rings is 3. The van der Waals surface area contributed by atoms with Crippen molar-refractivity contribution < 1.29 is 14.3 Å². The van der Waals surface area contributed by atoms with Gasteiger partial charge in [-0.3, -0.25) is 9.78 Å². The second-order valence-electron chi connectivity index (χ2n) is 6.39. The van der Waals surface area contributed by atoms with Crippen LogP contribution in [-0.4, -0.2) is 23.1 Å². The average molecular weight is 395 g/mol. The molecule has 146 valence electrons. The number of hydrogen-bond acceptors (Lipinski definition) is 5. The normalized spacial score (nSPS) is 10.8. The SMILES string of the molecule is O=C(N/N=C\c1c(OC(=O)c2ccccc2)ccc2ccccc12)c1ccncc1. The summed E-state index contributed by atoms with van der Waals surface area (Å²) in [6.07, 6.45) is 4.55. The third kappa shape index (κ3) is 4.23. The molecule has 4 rings (SSSR count). The summed E-state index contributed by atoms with van der Waals surface area (Å²) >= 11 is 0. The number of hydrazone groups is 1. The third-order valence-corrected chi connectivity index (χ3v) is 4.45. The van der Waals surface area contributed by atoms with Gasteiger partial charge in [0.1, 0.15) is 5.75 Å². The number of aromatic nitrogens is 1. The van der Waals surface area contributed by atoms with Crippen LogP contribution in [0.3, 0.4) is 0 Å². The predicted octanol–water partition coefficient (Wildman–Crippen LogP) is 4.22. The zero-order valence-corrected chi connectivity index (χ0v) is 15.9. The van der Waals surface area contributed by atoms with Gasteiger partial charge in [0.25, 0.3) is 5.91 Å². The number of nitrogens with one attached hydrogen (secondary N) is 1. The molecule has 0 radical (unpaired) electrons. The predicted molar refractivity (Wildman–Crippen MR) is 115 cm³/mol. The Morgan fingerprint density at radius 3 is 2.37 bits per heavy atom. The maximum absolute atomic E-state index is 12.5. The van der Waals surface area contributed by atoms with Crippen LogP contribution >= 0.6 is 0 Å². The number of fused-ring (bicyclic) bond motifs is 1. The van der Waals surface area contributed by atoms with Gasteiger partial charge in [0.05, 0.1) is 11.8 Å². The summed E-state index contributed by atoms with van der Waals surface area (Å²) in [5.41, 5.74) is 3.96. The minimum atomic E-state index is -0.471. The lowest BCUT2D eigenvalue weighted by atomic mass is 10.0.